The van der Waals surface area contributed by atoms with E-state index in [9.17, 15) is 0 Å². The standard InChI is InChI=1S/C20H31N/c1-4-6-14-20(3,13-5-2)17-19(12-15-21)16-18-10-8-7-9-11-18/h7-11,19H,4-6,12-14,16-17H2,1-3H3. The van der Waals surface area contributed by atoms with Crippen molar-refractivity contribution in [2.75, 3.05) is 0 Å². The van der Waals surface area contributed by atoms with Crippen LogP contribution in [0.15, 0.2) is 30.3 Å². The molecule has 0 aliphatic rings. The first kappa shape index (κ1) is 17.8. The fourth-order valence-corrected chi connectivity index (χ4v) is 3.53. The Kier molecular flexibility index (Phi) is 8.13. The molecule has 0 aromatic heterocycles. The van der Waals surface area contributed by atoms with Gasteiger partial charge >= 0.3 is 0 Å². The van der Waals surface area contributed by atoms with Crippen LogP contribution in [0.5, 0.6) is 0 Å². The number of hydrogen-bond donors (Lipinski definition) is 0. The van der Waals surface area contributed by atoms with E-state index in [-0.39, 0.29) is 0 Å². The van der Waals surface area contributed by atoms with E-state index in [4.69, 9.17) is 5.26 Å². The second-order valence-corrected chi connectivity index (χ2v) is 6.79. The predicted molar refractivity (Wildman–Crippen MR) is 91.0 cm³/mol. The number of hydrogen-bond acceptors (Lipinski definition) is 1. The van der Waals surface area contributed by atoms with Gasteiger partial charge in [0.25, 0.3) is 0 Å². The Morgan fingerprint density at radius 3 is 2.38 bits per heavy atom. The van der Waals surface area contributed by atoms with Crippen LogP contribution in [-0.4, -0.2) is 0 Å². The van der Waals surface area contributed by atoms with E-state index in [0.717, 1.165) is 6.42 Å². The van der Waals surface area contributed by atoms with Crippen molar-refractivity contribution in [2.45, 2.75) is 72.1 Å². The summed E-state index contributed by atoms with van der Waals surface area (Å²) < 4.78 is 0. The highest BCUT2D eigenvalue weighted by molar-refractivity contribution is 5.15. The molecule has 0 aliphatic heterocycles. The van der Waals surface area contributed by atoms with E-state index in [2.05, 4.69) is 57.2 Å². The first-order chi connectivity index (χ1) is 10.1. The number of benzene rings is 1. The Hall–Kier alpha value is -1.29. The molecule has 1 nitrogen and oxygen atoms in total. The number of rotatable bonds is 10. The minimum atomic E-state index is 0.404. The van der Waals surface area contributed by atoms with Crippen LogP contribution in [0.2, 0.25) is 0 Å². The zero-order valence-electron chi connectivity index (χ0n) is 14.1. The molecule has 0 radical (unpaired) electrons. The Balaban J connectivity index is 2.72. The molecule has 0 saturated carbocycles. The normalized spacial score (nSPS) is 15.1. The maximum atomic E-state index is 9.17. The van der Waals surface area contributed by atoms with E-state index < -0.39 is 0 Å². The third kappa shape index (κ3) is 6.80. The molecule has 2 unspecified atom stereocenters. The molecule has 1 heteroatoms. The molecule has 0 amide bonds. The highest BCUT2D eigenvalue weighted by Crippen LogP contribution is 2.38. The summed E-state index contributed by atoms with van der Waals surface area (Å²) >= 11 is 0. The minimum absolute atomic E-state index is 0.404. The number of nitrogens with zero attached hydrogens (tertiary/aromatic N) is 1. The van der Waals surface area contributed by atoms with Gasteiger partial charge in [-0.2, -0.15) is 5.26 Å². The Morgan fingerprint density at radius 2 is 1.81 bits per heavy atom. The maximum absolute atomic E-state index is 9.17. The third-order valence-electron chi connectivity index (χ3n) is 4.52. The smallest absolute Gasteiger partial charge is 0.0624 e. The van der Waals surface area contributed by atoms with Crippen LogP contribution < -0.4 is 0 Å². The summed E-state index contributed by atoms with van der Waals surface area (Å²) in [6, 6.07) is 13.0. The first-order valence-electron chi connectivity index (χ1n) is 8.54. The van der Waals surface area contributed by atoms with Crippen molar-refractivity contribution >= 4 is 0 Å². The Labute approximate surface area is 131 Å². The molecule has 0 saturated heterocycles. The molecule has 1 rings (SSSR count). The van der Waals surface area contributed by atoms with Crippen molar-refractivity contribution in [3.63, 3.8) is 0 Å². The quantitative estimate of drug-likeness (QED) is 0.506. The van der Waals surface area contributed by atoms with Gasteiger partial charge in [0.2, 0.25) is 0 Å². The molecule has 0 bridgehead atoms. The van der Waals surface area contributed by atoms with E-state index in [1.165, 1.54) is 44.1 Å². The van der Waals surface area contributed by atoms with Crippen molar-refractivity contribution in [3.8, 4) is 6.07 Å². The molecule has 0 spiro atoms. The zero-order chi connectivity index (χ0) is 15.6. The number of unbranched alkanes of at least 4 members (excludes halogenated alkanes) is 1. The molecule has 1 aromatic carbocycles. The molecule has 0 N–H and O–H groups in total. The van der Waals surface area contributed by atoms with Gasteiger partial charge in [-0.15, -0.1) is 0 Å². The highest BCUT2D eigenvalue weighted by atomic mass is 14.3. The SMILES string of the molecule is CCCCC(C)(CCC)CC(CC#N)Cc1ccccc1. The van der Waals surface area contributed by atoms with Crippen LogP contribution >= 0.6 is 0 Å². The monoisotopic (exact) mass is 285 g/mol. The van der Waals surface area contributed by atoms with Crippen LogP contribution in [0.1, 0.15) is 71.3 Å². The van der Waals surface area contributed by atoms with Crippen LogP contribution in [0.25, 0.3) is 0 Å². The summed E-state index contributed by atoms with van der Waals surface area (Å²) in [4.78, 5) is 0. The van der Waals surface area contributed by atoms with Gasteiger partial charge in [-0.3, -0.25) is 0 Å². The lowest BCUT2D eigenvalue weighted by molar-refractivity contribution is 0.196. The number of nitriles is 1. The second kappa shape index (κ2) is 9.61. The van der Waals surface area contributed by atoms with Gasteiger partial charge in [0.05, 0.1) is 6.07 Å². The highest BCUT2D eigenvalue weighted by Gasteiger charge is 2.27. The fraction of sp³-hybridized carbons (Fsp3) is 0.650. The summed E-state index contributed by atoms with van der Waals surface area (Å²) in [5, 5.41) is 9.17. The molecular weight excluding hydrogens is 254 g/mol. The minimum Gasteiger partial charge on any atom is -0.198 e. The van der Waals surface area contributed by atoms with Gasteiger partial charge in [0, 0.05) is 6.42 Å². The van der Waals surface area contributed by atoms with Crippen LogP contribution in [0.4, 0.5) is 0 Å². The summed E-state index contributed by atoms with van der Waals surface area (Å²) in [7, 11) is 0. The maximum Gasteiger partial charge on any atom is 0.0624 e. The van der Waals surface area contributed by atoms with Crippen molar-refractivity contribution in [3.05, 3.63) is 35.9 Å². The molecular formula is C20H31N. The molecule has 2 atom stereocenters. The molecule has 0 aliphatic carbocycles. The molecule has 0 fully saturated rings. The van der Waals surface area contributed by atoms with Crippen molar-refractivity contribution in [1.82, 2.24) is 0 Å². The third-order valence-corrected chi connectivity index (χ3v) is 4.52. The van der Waals surface area contributed by atoms with Crippen LogP contribution in [-0.2, 0) is 6.42 Å². The van der Waals surface area contributed by atoms with E-state index in [0.29, 0.717) is 17.8 Å². The van der Waals surface area contributed by atoms with E-state index in [1.54, 1.807) is 0 Å². The lowest BCUT2D eigenvalue weighted by atomic mass is 9.72. The van der Waals surface area contributed by atoms with Gasteiger partial charge in [0.15, 0.2) is 0 Å². The Morgan fingerprint density at radius 1 is 1.10 bits per heavy atom. The van der Waals surface area contributed by atoms with Gasteiger partial charge in [0.1, 0.15) is 0 Å². The van der Waals surface area contributed by atoms with Crippen molar-refractivity contribution in [1.29, 1.82) is 5.26 Å². The van der Waals surface area contributed by atoms with Gasteiger partial charge in [-0.05, 0) is 42.6 Å². The van der Waals surface area contributed by atoms with Gasteiger partial charge in [-0.25, -0.2) is 0 Å². The average Bonchev–Trinajstić information content (AvgIpc) is 2.47. The van der Waals surface area contributed by atoms with E-state index in [1.807, 2.05) is 0 Å². The first-order valence-corrected chi connectivity index (χ1v) is 8.54. The van der Waals surface area contributed by atoms with Crippen molar-refractivity contribution < 1.29 is 0 Å². The second-order valence-electron chi connectivity index (χ2n) is 6.79. The largest absolute Gasteiger partial charge is 0.198 e. The fourth-order valence-electron chi connectivity index (χ4n) is 3.53. The lowest BCUT2D eigenvalue weighted by Gasteiger charge is -2.33. The predicted octanol–water partition coefficient (Wildman–Crippen LogP) is 6.15. The van der Waals surface area contributed by atoms with Crippen LogP contribution in [0, 0.1) is 22.7 Å². The average molecular weight is 285 g/mol. The zero-order valence-corrected chi connectivity index (χ0v) is 14.1. The topological polar surface area (TPSA) is 23.8 Å². The summed E-state index contributed by atoms with van der Waals surface area (Å²) in [5.41, 5.74) is 1.77. The molecule has 116 valence electrons. The Bertz CT molecular complexity index is 417. The summed E-state index contributed by atoms with van der Waals surface area (Å²) in [6.45, 7) is 6.98. The van der Waals surface area contributed by atoms with Crippen LogP contribution in [0.3, 0.4) is 0 Å². The van der Waals surface area contributed by atoms with Crippen molar-refractivity contribution in [2.24, 2.45) is 11.3 Å². The molecule has 1 aromatic rings. The lowest BCUT2D eigenvalue weighted by Crippen LogP contribution is -2.22. The summed E-state index contributed by atoms with van der Waals surface area (Å²) in [5.74, 6) is 0.491. The van der Waals surface area contributed by atoms with Gasteiger partial charge in [-0.1, -0.05) is 70.4 Å². The molecule has 21 heavy (non-hydrogen) atoms. The molecule has 0 heterocycles. The van der Waals surface area contributed by atoms with E-state index >= 15 is 0 Å². The van der Waals surface area contributed by atoms with Gasteiger partial charge < -0.3 is 0 Å². The summed E-state index contributed by atoms with van der Waals surface area (Å²) in [6.07, 6.45) is 9.30.